The maximum absolute atomic E-state index is 12.6. The van der Waals surface area contributed by atoms with E-state index in [9.17, 15) is 13.6 Å². The highest BCUT2D eigenvalue weighted by molar-refractivity contribution is 5.71. The number of nitrogens with one attached hydrogen (secondary N) is 1. The molecule has 3 rings (SSSR count). The normalized spacial score (nSPS) is 10.7. The van der Waals surface area contributed by atoms with Crippen LogP contribution in [0.3, 0.4) is 0 Å². The van der Waals surface area contributed by atoms with Crippen molar-refractivity contribution in [1.29, 1.82) is 0 Å². The summed E-state index contributed by atoms with van der Waals surface area (Å²) < 4.78 is 42.5. The number of carbonyl (C=O) groups is 1. The molecule has 0 radical (unpaired) electrons. The van der Waals surface area contributed by atoms with Gasteiger partial charge in [0.15, 0.2) is 6.61 Å². The van der Waals surface area contributed by atoms with Crippen LogP contribution in [0.2, 0.25) is 0 Å². The van der Waals surface area contributed by atoms with Crippen LogP contribution in [0.5, 0.6) is 17.4 Å². The van der Waals surface area contributed by atoms with E-state index in [1.807, 2.05) is 12.1 Å². The number of ether oxygens (including phenoxy) is 3. The molecule has 164 valence electrons. The van der Waals surface area contributed by atoms with E-state index in [4.69, 9.17) is 19.9 Å². The largest absolute Gasteiger partial charge is 0.497 e. The molecular formula is C21H22F2N4O4. The minimum Gasteiger partial charge on any atom is -0.497 e. The molecule has 0 spiro atoms. The lowest BCUT2D eigenvalue weighted by atomic mass is 10.1. The number of nitrogens with two attached hydrogens (primary N) is 1. The Morgan fingerprint density at radius 3 is 2.39 bits per heavy atom. The number of alkyl halides is 2. The van der Waals surface area contributed by atoms with Gasteiger partial charge in [0.1, 0.15) is 18.1 Å². The molecular weight excluding hydrogens is 410 g/mol. The second kappa shape index (κ2) is 10.3. The van der Waals surface area contributed by atoms with Crippen LogP contribution in [0.15, 0.2) is 54.6 Å². The van der Waals surface area contributed by atoms with Gasteiger partial charge < -0.3 is 25.3 Å². The van der Waals surface area contributed by atoms with Crippen molar-refractivity contribution in [2.75, 3.05) is 26.9 Å². The summed E-state index contributed by atoms with van der Waals surface area (Å²) in [6, 6.07) is 15.3. The van der Waals surface area contributed by atoms with Crippen molar-refractivity contribution in [3.05, 3.63) is 54.6 Å². The van der Waals surface area contributed by atoms with Crippen molar-refractivity contribution in [1.82, 2.24) is 15.1 Å². The Labute approximate surface area is 177 Å². The second-order valence-electron chi connectivity index (χ2n) is 6.34. The molecule has 0 unspecified atom stereocenters. The molecule has 0 bridgehead atoms. The molecule has 2 amide bonds. The monoisotopic (exact) mass is 432 g/mol. The third-order valence-electron chi connectivity index (χ3n) is 4.18. The Morgan fingerprint density at radius 2 is 1.77 bits per heavy atom. The fraction of sp³-hybridized carbons (Fsp3) is 0.238. The SMILES string of the molecule is COc1ccc(-n2nc(OCC(F)F)cc2-c2ccc(OCCNC(N)=O)cc2)cc1. The predicted molar refractivity (Wildman–Crippen MR) is 110 cm³/mol. The molecule has 31 heavy (non-hydrogen) atoms. The minimum absolute atomic E-state index is 0.0870. The highest BCUT2D eigenvalue weighted by Gasteiger charge is 2.15. The number of hydrogen-bond acceptors (Lipinski definition) is 5. The number of rotatable bonds is 10. The van der Waals surface area contributed by atoms with Gasteiger partial charge in [0.25, 0.3) is 6.43 Å². The molecule has 0 fully saturated rings. The van der Waals surface area contributed by atoms with Gasteiger partial charge in [-0.25, -0.2) is 18.3 Å². The maximum atomic E-state index is 12.6. The number of aromatic nitrogens is 2. The van der Waals surface area contributed by atoms with E-state index in [0.29, 0.717) is 22.9 Å². The van der Waals surface area contributed by atoms with Gasteiger partial charge in [0.05, 0.1) is 25.0 Å². The number of halogens is 2. The van der Waals surface area contributed by atoms with Crippen LogP contribution in [-0.2, 0) is 0 Å². The first kappa shape index (κ1) is 21.9. The van der Waals surface area contributed by atoms with Crippen molar-refractivity contribution in [3.8, 4) is 34.3 Å². The fourth-order valence-electron chi connectivity index (χ4n) is 2.77. The number of amides is 2. The minimum atomic E-state index is -2.60. The van der Waals surface area contributed by atoms with Crippen molar-refractivity contribution < 1.29 is 27.8 Å². The molecule has 0 aliphatic carbocycles. The van der Waals surface area contributed by atoms with Gasteiger partial charge in [-0.15, -0.1) is 5.10 Å². The molecule has 8 nitrogen and oxygen atoms in total. The quantitative estimate of drug-likeness (QED) is 0.479. The zero-order valence-corrected chi connectivity index (χ0v) is 16.8. The Bertz CT molecular complexity index is 992. The van der Waals surface area contributed by atoms with Crippen LogP contribution in [-0.4, -0.2) is 49.1 Å². The first-order valence-corrected chi connectivity index (χ1v) is 9.38. The summed E-state index contributed by atoms with van der Waals surface area (Å²) in [5.41, 5.74) is 7.14. The first-order chi connectivity index (χ1) is 15.0. The number of urea groups is 1. The third kappa shape index (κ3) is 6.08. The van der Waals surface area contributed by atoms with E-state index in [2.05, 4.69) is 10.4 Å². The Hall–Kier alpha value is -3.82. The van der Waals surface area contributed by atoms with Crippen LogP contribution in [0.4, 0.5) is 13.6 Å². The second-order valence-corrected chi connectivity index (χ2v) is 6.34. The maximum Gasteiger partial charge on any atom is 0.312 e. The lowest BCUT2D eigenvalue weighted by Gasteiger charge is -2.10. The van der Waals surface area contributed by atoms with Gasteiger partial charge in [-0.3, -0.25) is 0 Å². The third-order valence-corrected chi connectivity index (χ3v) is 4.18. The summed E-state index contributed by atoms with van der Waals surface area (Å²) in [7, 11) is 1.57. The highest BCUT2D eigenvalue weighted by atomic mass is 19.3. The average Bonchev–Trinajstić information content (AvgIpc) is 3.20. The van der Waals surface area contributed by atoms with Gasteiger partial charge in [0, 0.05) is 11.6 Å². The van der Waals surface area contributed by atoms with Gasteiger partial charge in [-0.2, -0.15) is 0 Å². The molecule has 3 aromatic rings. The van der Waals surface area contributed by atoms with Crippen molar-refractivity contribution in [2.24, 2.45) is 5.73 Å². The van der Waals surface area contributed by atoms with Crippen LogP contribution in [0.1, 0.15) is 0 Å². The van der Waals surface area contributed by atoms with Gasteiger partial charge in [-0.1, -0.05) is 0 Å². The van der Waals surface area contributed by atoms with Crippen molar-refractivity contribution in [3.63, 3.8) is 0 Å². The first-order valence-electron chi connectivity index (χ1n) is 9.38. The standard InChI is InChI=1S/C21H22F2N4O4/c1-29-16-8-4-15(5-9-16)27-18(12-20(26-27)31-13-19(22)23)14-2-6-17(7-3-14)30-11-10-25-21(24)28/h2-9,12,19H,10-11,13H2,1H3,(H3,24,25,28). The Morgan fingerprint density at radius 1 is 1.10 bits per heavy atom. The molecule has 10 heteroatoms. The van der Waals surface area contributed by atoms with E-state index in [0.717, 1.165) is 5.56 Å². The fourth-order valence-corrected chi connectivity index (χ4v) is 2.77. The zero-order valence-electron chi connectivity index (χ0n) is 16.8. The molecule has 0 aliphatic heterocycles. The van der Waals surface area contributed by atoms with Crippen LogP contribution in [0, 0.1) is 0 Å². The van der Waals surface area contributed by atoms with E-state index < -0.39 is 19.1 Å². The Kier molecular flexibility index (Phi) is 7.26. The van der Waals surface area contributed by atoms with Gasteiger partial charge in [-0.05, 0) is 48.5 Å². The number of methoxy groups -OCH3 is 1. The van der Waals surface area contributed by atoms with Gasteiger partial charge >= 0.3 is 6.03 Å². The van der Waals surface area contributed by atoms with Gasteiger partial charge in [0.2, 0.25) is 5.88 Å². The molecule has 0 saturated carbocycles. The molecule has 1 aromatic heterocycles. The van der Waals surface area contributed by atoms with E-state index in [1.54, 1.807) is 54.3 Å². The lowest BCUT2D eigenvalue weighted by molar-refractivity contribution is 0.0794. The molecule has 3 N–H and O–H groups in total. The number of benzene rings is 2. The number of carbonyl (C=O) groups excluding carboxylic acids is 1. The van der Waals surface area contributed by atoms with E-state index in [-0.39, 0.29) is 19.0 Å². The summed E-state index contributed by atoms with van der Waals surface area (Å²) >= 11 is 0. The topological polar surface area (TPSA) is 101 Å². The molecule has 0 saturated heterocycles. The summed E-state index contributed by atoms with van der Waals surface area (Å²) in [5.74, 6) is 1.36. The van der Waals surface area contributed by atoms with Crippen LogP contribution < -0.4 is 25.3 Å². The molecule has 0 aliphatic rings. The molecule has 1 heterocycles. The number of nitrogens with zero attached hydrogens (tertiary/aromatic N) is 2. The van der Waals surface area contributed by atoms with Crippen molar-refractivity contribution >= 4 is 6.03 Å². The summed E-state index contributed by atoms with van der Waals surface area (Å²) in [6.07, 6.45) is -2.60. The number of primary amides is 1. The molecule has 0 atom stereocenters. The van der Waals surface area contributed by atoms with Crippen LogP contribution >= 0.6 is 0 Å². The van der Waals surface area contributed by atoms with E-state index >= 15 is 0 Å². The highest BCUT2D eigenvalue weighted by Crippen LogP contribution is 2.29. The summed E-state index contributed by atoms with van der Waals surface area (Å²) in [4.78, 5) is 10.7. The lowest BCUT2D eigenvalue weighted by Crippen LogP contribution is -2.32. The number of hydrogen-bond donors (Lipinski definition) is 2. The molecule has 2 aromatic carbocycles. The zero-order chi connectivity index (χ0) is 22.2. The average molecular weight is 432 g/mol. The smallest absolute Gasteiger partial charge is 0.312 e. The predicted octanol–water partition coefficient (Wildman–Crippen LogP) is 3.24. The summed E-state index contributed by atoms with van der Waals surface area (Å²) in [5, 5.41) is 6.76. The summed E-state index contributed by atoms with van der Waals surface area (Å²) in [6.45, 7) is -0.199. The van der Waals surface area contributed by atoms with Crippen molar-refractivity contribution in [2.45, 2.75) is 6.43 Å². The van der Waals surface area contributed by atoms with E-state index in [1.165, 1.54) is 0 Å². The van der Waals surface area contributed by atoms with Crippen LogP contribution in [0.25, 0.3) is 16.9 Å². The Balaban J connectivity index is 1.83.